The van der Waals surface area contributed by atoms with Crippen LogP contribution in [0.5, 0.6) is 0 Å². The third-order valence-corrected chi connectivity index (χ3v) is 4.40. The first-order valence-corrected chi connectivity index (χ1v) is 8.01. The first-order chi connectivity index (χ1) is 9.88. The molecule has 0 aliphatic carbocycles. The van der Waals surface area contributed by atoms with Crippen LogP contribution >= 0.6 is 0 Å². The molecule has 8 heteroatoms. The third kappa shape index (κ3) is 4.10. The van der Waals surface area contributed by atoms with E-state index in [9.17, 15) is 8.42 Å². The average Bonchev–Trinajstić information content (AvgIpc) is 2.84. The van der Waals surface area contributed by atoms with E-state index >= 15 is 0 Å². The second-order valence-electron chi connectivity index (χ2n) is 4.74. The van der Waals surface area contributed by atoms with Gasteiger partial charge in [0.05, 0.1) is 4.90 Å². The summed E-state index contributed by atoms with van der Waals surface area (Å²) in [7, 11) is -3.54. The number of nitrogens with one attached hydrogen (secondary N) is 1. The lowest BCUT2D eigenvalue weighted by molar-refractivity contribution is 0.387. The van der Waals surface area contributed by atoms with Crippen LogP contribution in [-0.4, -0.2) is 25.1 Å². The fourth-order valence-corrected chi connectivity index (χ4v) is 2.81. The molecule has 2 rings (SSSR count). The quantitative estimate of drug-likeness (QED) is 0.820. The minimum Gasteiger partial charge on any atom is -0.340 e. The van der Waals surface area contributed by atoms with E-state index in [0.717, 1.165) is 5.56 Å². The molecule has 7 nitrogen and oxygen atoms in total. The molecule has 1 atom stereocenters. The number of aryl methyl sites for hydroxylation is 1. The predicted molar refractivity (Wildman–Crippen MR) is 77.0 cm³/mol. The first-order valence-electron chi connectivity index (χ1n) is 6.53. The number of hydrogen-bond donors (Lipinski definition) is 2. The number of sulfonamides is 1. The van der Waals surface area contributed by atoms with Crippen LogP contribution in [0, 0.1) is 6.92 Å². The summed E-state index contributed by atoms with van der Waals surface area (Å²) in [6, 6.07) is 6.37. The van der Waals surface area contributed by atoms with Crippen molar-refractivity contribution in [1.82, 2.24) is 14.9 Å². The lowest BCUT2D eigenvalue weighted by Crippen LogP contribution is -2.26. The average molecular weight is 310 g/mol. The number of aromatic nitrogens is 2. The van der Waals surface area contributed by atoms with Gasteiger partial charge >= 0.3 is 0 Å². The van der Waals surface area contributed by atoms with Gasteiger partial charge in [0.15, 0.2) is 5.82 Å². The Balaban J connectivity index is 1.97. The molecule has 1 unspecified atom stereocenters. The van der Waals surface area contributed by atoms with Gasteiger partial charge in [0, 0.05) is 25.9 Å². The zero-order valence-electron chi connectivity index (χ0n) is 11.9. The molecule has 0 aliphatic heterocycles. The Kier molecular flexibility index (Phi) is 4.71. The topological polar surface area (TPSA) is 111 Å². The molecule has 0 radical (unpaired) electrons. The molecule has 0 bridgehead atoms. The van der Waals surface area contributed by atoms with Crippen LogP contribution in [0.4, 0.5) is 0 Å². The summed E-state index contributed by atoms with van der Waals surface area (Å²) in [6.45, 7) is 3.73. The van der Waals surface area contributed by atoms with E-state index < -0.39 is 10.0 Å². The fourth-order valence-electron chi connectivity index (χ4n) is 1.77. The summed E-state index contributed by atoms with van der Waals surface area (Å²) < 4.78 is 31.5. The molecular formula is C13H18N4O3S. The van der Waals surface area contributed by atoms with Gasteiger partial charge in [-0.2, -0.15) is 4.98 Å². The second-order valence-corrected chi connectivity index (χ2v) is 6.50. The highest BCUT2D eigenvalue weighted by Crippen LogP contribution is 2.14. The molecular weight excluding hydrogens is 292 g/mol. The molecule has 114 valence electrons. The Bertz CT molecular complexity index is 692. The van der Waals surface area contributed by atoms with E-state index in [4.69, 9.17) is 10.3 Å². The van der Waals surface area contributed by atoms with Crippen LogP contribution in [0.1, 0.15) is 30.2 Å². The zero-order chi connectivity index (χ0) is 15.5. The molecule has 0 fully saturated rings. The van der Waals surface area contributed by atoms with Crippen LogP contribution in [0.2, 0.25) is 0 Å². The first kappa shape index (κ1) is 15.6. The zero-order valence-corrected chi connectivity index (χ0v) is 12.7. The van der Waals surface area contributed by atoms with Crippen molar-refractivity contribution in [2.75, 3.05) is 6.54 Å². The van der Waals surface area contributed by atoms with Gasteiger partial charge in [-0.3, -0.25) is 0 Å². The smallest absolute Gasteiger partial charge is 0.240 e. The monoisotopic (exact) mass is 310 g/mol. The summed E-state index contributed by atoms with van der Waals surface area (Å²) in [6.07, 6.45) is 0.370. The van der Waals surface area contributed by atoms with Gasteiger partial charge in [-0.1, -0.05) is 17.3 Å². The van der Waals surface area contributed by atoms with Crippen molar-refractivity contribution in [3.05, 3.63) is 41.5 Å². The highest BCUT2D eigenvalue weighted by molar-refractivity contribution is 7.89. The Morgan fingerprint density at radius 1 is 1.33 bits per heavy atom. The minimum absolute atomic E-state index is 0.129. The lowest BCUT2D eigenvalue weighted by atomic mass is 10.1. The number of rotatable bonds is 6. The summed E-state index contributed by atoms with van der Waals surface area (Å²) in [4.78, 5) is 4.21. The number of nitrogens with zero attached hydrogens (tertiary/aromatic N) is 2. The van der Waals surface area contributed by atoms with Gasteiger partial charge in [-0.25, -0.2) is 13.1 Å². The summed E-state index contributed by atoms with van der Waals surface area (Å²) in [5.74, 6) is 0.932. The molecule has 3 N–H and O–H groups in total. The molecule has 2 aromatic rings. The number of hydrogen-bond acceptors (Lipinski definition) is 6. The van der Waals surface area contributed by atoms with Crippen molar-refractivity contribution in [2.24, 2.45) is 5.73 Å². The predicted octanol–water partition coefficient (Wildman–Crippen LogP) is 0.919. The Hall–Kier alpha value is -1.77. The van der Waals surface area contributed by atoms with Gasteiger partial charge in [-0.05, 0) is 24.6 Å². The highest BCUT2D eigenvalue weighted by Gasteiger charge is 2.14. The van der Waals surface area contributed by atoms with E-state index in [1.807, 2.05) is 6.92 Å². The molecule has 0 spiro atoms. The van der Waals surface area contributed by atoms with Gasteiger partial charge < -0.3 is 10.3 Å². The second kappa shape index (κ2) is 6.33. The van der Waals surface area contributed by atoms with Crippen LogP contribution in [0.3, 0.4) is 0 Å². The lowest BCUT2D eigenvalue weighted by Gasteiger charge is -2.08. The number of nitrogens with two attached hydrogens (primary N) is 1. The van der Waals surface area contributed by atoms with Crippen molar-refractivity contribution in [3.8, 4) is 0 Å². The number of benzene rings is 1. The highest BCUT2D eigenvalue weighted by atomic mass is 32.2. The van der Waals surface area contributed by atoms with E-state index in [0.29, 0.717) is 18.1 Å². The van der Waals surface area contributed by atoms with Gasteiger partial charge in [0.1, 0.15) is 0 Å². The van der Waals surface area contributed by atoms with Crippen molar-refractivity contribution in [1.29, 1.82) is 0 Å². The van der Waals surface area contributed by atoms with Gasteiger partial charge in [0.25, 0.3) is 0 Å². The Labute approximate surface area is 123 Å². The van der Waals surface area contributed by atoms with Crippen molar-refractivity contribution >= 4 is 10.0 Å². The van der Waals surface area contributed by atoms with Gasteiger partial charge in [-0.15, -0.1) is 0 Å². The molecule has 1 aromatic carbocycles. The normalized spacial score (nSPS) is 13.3. The van der Waals surface area contributed by atoms with Crippen LogP contribution in [0.25, 0.3) is 0 Å². The molecule has 0 amide bonds. The largest absolute Gasteiger partial charge is 0.340 e. The van der Waals surface area contributed by atoms with Gasteiger partial charge in [0.2, 0.25) is 15.9 Å². The maximum absolute atomic E-state index is 12.1. The van der Waals surface area contributed by atoms with E-state index in [1.165, 1.54) is 0 Å². The molecule has 0 saturated carbocycles. The summed E-state index contributed by atoms with van der Waals surface area (Å²) in [5, 5.41) is 3.70. The van der Waals surface area contributed by atoms with Crippen molar-refractivity contribution in [2.45, 2.75) is 31.2 Å². The summed E-state index contributed by atoms with van der Waals surface area (Å²) >= 11 is 0. The standard InChI is InChI=1S/C13H18N4O3S/c1-9(14)11-3-5-12(6-4-11)21(18,19)15-8-7-13-16-10(2)20-17-13/h3-6,9,15H,7-8,14H2,1-2H3. The van der Waals surface area contributed by atoms with Crippen molar-refractivity contribution in [3.63, 3.8) is 0 Å². The Morgan fingerprint density at radius 2 is 2.00 bits per heavy atom. The minimum atomic E-state index is -3.54. The SMILES string of the molecule is Cc1nc(CCNS(=O)(=O)c2ccc(C(C)N)cc2)no1. The van der Waals surface area contributed by atoms with E-state index in [2.05, 4.69) is 14.9 Å². The Morgan fingerprint density at radius 3 is 2.52 bits per heavy atom. The van der Waals surface area contributed by atoms with Crippen LogP contribution in [-0.2, 0) is 16.4 Å². The molecule has 0 saturated heterocycles. The van der Waals surface area contributed by atoms with Crippen molar-refractivity contribution < 1.29 is 12.9 Å². The molecule has 0 aliphatic rings. The third-order valence-electron chi connectivity index (χ3n) is 2.93. The maximum atomic E-state index is 12.1. The van der Waals surface area contributed by atoms with E-state index in [1.54, 1.807) is 31.2 Å². The summed E-state index contributed by atoms with van der Waals surface area (Å²) in [5.41, 5.74) is 6.62. The van der Waals surface area contributed by atoms with E-state index in [-0.39, 0.29) is 17.5 Å². The molecule has 21 heavy (non-hydrogen) atoms. The molecule has 1 aromatic heterocycles. The fraction of sp³-hybridized carbons (Fsp3) is 0.385. The van der Waals surface area contributed by atoms with Crippen LogP contribution < -0.4 is 10.5 Å². The molecule has 1 heterocycles. The van der Waals surface area contributed by atoms with Crippen LogP contribution in [0.15, 0.2) is 33.7 Å². The maximum Gasteiger partial charge on any atom is 0.240 e.